The Bertz CT molecular complexity index is 1130. The van der Waals surface area contributed by atoms with Crippen molar-refractivity contribution in [1.29, 1.82) is 5.26 Å². The maximum absolute atomic E-state index is 12.1. The molecule has 8 heteroatoms. The number of nitrogens with one attached hydrogen (secondary N) is 1. The van der Waals surface area contributed by atoms with Gasteiger partial charge in [-0.15, -0.1) is 0 Å². The Morgan fingerprint density at radius 1 is 1.24 bits per heavy atom. The Morgan fingerprint density at radius 2 is 2.03 bits per heavy atom. The van der Waals surface area contributed by atoms with Gasteiger partial charge in [0.1, 0.15) is 0 Å². The first-order valence-corrected chi connectivity index (χ1v) is 9.15. The monoisotopic (exact) mass is 391 g/mol. The summed E-state index contributed by atoms with van der Waals surface area (Å²) < 4.78 is 6.84. The number of carbonyl (C=O) groups excluding carboxylic acids is 2. The number of benzene rings is 1. The van der Waals surface area contributed by atoms with Gasteiger partial charge < -0.3 is 10.1 Å². The highest BCUT2D eigenvalue weighted by Gasteiger charge is 2.14. The number of hydrogen-bond acceptors (Lipinski definition) is 6. The summed E-state index contributed by atoms with van der Waals surface area (Å²) in [5.41, 5.74) is 5.29. The van der Waals surface area contributed by atoms with Crippen LogP contribution in [0.3, 0.4) is 0 Å². The number of fused-ring (bicyclic) bond motifs is 1. The summed E-state index contributed by atoms with van der Waals surface area (Å²) in [6.45, 7) is 5.36. The molecule has 0 fully saturated rings. The first-order valence-electron chi connectivity index (χ1n) is 9.15. The van der Waals surface area contributed by atoms with Gasteiger partial charge in [-0.2, -0.15) is 10.4 Å². The van der Waals surface area contributed by atoms with E-state index in [1.807, 2.05) is 32.9 Å². The lowest BCUT2D eigenvalue weighted by Gasteiger charge is -2.11. The van der Waals surface area contributed by atoms with Gasteiger partial charge in [0.05, 0.1) is 17.3 Å². The molecule has 0 aliphatic rings. The Labute approximate surface area is 168 Å². The molecule has 2 heterocycles. The number of rotatable bonds is 6. The minimum atomic E-state index is -0.471. The molecule has 1 amide bonds. The van der Waals surface area contributed by atoms with Gasteiger partial charge in [0.2, 0.25) is 0 Å². The Kier molecular flexibility index (Phi) is 5.88. The maximum atomic E-state index is 12.1. The second kappa shape index (κ2) is 8.52. The van der Waals surface area contributed by atoms with E-state index in [0.717, 1.165) is 28.3 Å². The quantitative estimate of drug-likeness (QED) is 0.647. The molecule has 1 N–H and O–H groups in total. The number of esters is 1. The molecule has 1 aromatic carbocycles. The van der Waals surface area contributed by atoms with Gasteiger partial charge in [-0.1, -0.05) is 6.07 Å². The summed E-state index contributed by atoms with van der Waals surface area (Å²) >= 11 is 0. The predicted molar refractivity (Wildman–Crippen MR) is 106 cm³/mol. The first-order chi connectivity index (χ1) is 13.9. The molecule has 148 valence electrons. The second-order valence-electron chi connectivity index (χ2n) is 6.72. The van der Waals surface area contributed by atoms with E-state index in [9.17, 15) is 9.59 Å². The van der Waals surface area contributed by atoms with Gasteiger partial charge >= 0.3 is 5.97 Å². The zero-order valence-corrected chi connectivity index (χ0v) is 16.5. The minimum Gasteiger partial charge on any atom is -0.456 e. The lowest BCUT2D eigenvalue weighted by atomic mass is 10.1. The Balaban J connectivity index is 1.54. The summed E-state index contributed by atoms with van der Waals surface area (Å²) in [6, 6.07) is 10.4. The van der Waals surface area contributed by atoms with Crippen molar-refractivity contribution in [2.45, 2.75) is 33.6 Å². The molecule has 0 saturated carbocycles. The lowest BCUT2D eigenvalue weighted by Crippen LogP contribution is -2.21. The summed E-state index contributed by atoms with van der Waals surface area (Å²) in [5, 5.41) is 15.9. The molecule has 0 radical (unpaired) electrons. The summed E-state index contributed by atoms with van der Waals surface area (Å²) in [6.07, 6.45) is 0.580. The zero-order valence-electron chi connectivity index (χ0n) is 16.5. The largest absolute Gasteiger partial charge is 0.456 e. The van der Waals surface area contributed by atoms with Crippen molar-refractivity contribution in [1.82, 2.24) is 14.6 Å². The number of amides is 1. The molecule has 0 unspecified atom stereocenters. The van der Waals surface area contributed by atoms with Crippen molar-refractivity contribution < 1.29 is 14.3 Å². The van der Waals surface area contributed by atoms with Gasteiger partial charge in [-0.25, -0.2) is 9.50 Å². The number of ether oxygens (including phenoxy) is 1. The highest BCUT2D eigenvalue weighted by Crippen LogP contribution is 2.17. The predicted octanol–water partition coefficient (Wildman–Crippen LogP) is 2.64. The average molecular weight is 391 g/mol. The van der Waals surface area contributed by atoms with Crippen molar-refractivity contribution in [2.24, 2.45) is 0 Å². The number of nitriles is 1. The fourth-order valence-corrected chi connectivity index (χ4v) is 3.11. The van der Waals surface area contributed by atoms with Crippen LogP contribution in [0, 0.1) is 32.1 Å². The topological polar surface area (TPSA) is 109 Å². The molecular formula is C21H21N5O3. The van der Waals surface area contributed by atoms with E-state index in [2.05, 4.69) is 15.4 Å². The molecule has 0 saturated heterocycles. The molecule has 2 aromatic heterocycles. The van der Waals surface area contributed by atoms with E-state index in [1.54, 1.807) is 28.8 Å². The molecule has 0 spiro atoms. The second-order valence-corrected chi connectivity index (χ2v) is 6.72. The van der Waals surface area contributed by atoms with Gasteiger partial charge in [0, 0.05) is 29.6 Å². The van der Waals surface area contributed by atoms with Crippen LogP contribution in [0.1, 0.15) is 34.6 Å². The third-order valence-corrected chi connectivity index (χ3v) is 4.50. The molecule has 0 atom stereocenters. The van der Waals surface area contributed by atoms with Gasteiger partial charge in [-0.3, -0.25) is 9.59 Å². The number of carbonyl (C=O) groups is 2. The number of aromatic nitrogens is 3. The van der Waals surface area contributed by atoms with E-state index >= 15 is 0 Å². The third kappa shape index (κ3) is 4.76. The Hall–Kier alpha value is -3.73. The van der Waals surface area contributed by atoms with Crippen LogP contribution < -0.4 is 5.32 Å². The van der Waals surface area contributed by atoms with Crippen LogP contribution >= 0.6 is 0 Å². The van der Waals surface area contributed by atoms with Crippen LogP contribution in [0.25, 0.3) is 5.65 Å². The normalized spacial score (nSPS) is 10.6. The summed E-state index contributed by atoms with van der Waals surface area (Å²) in [5.74, 6) is -0.933. The van der Waals surface area contributed by atoms with E-state index < -0.39 is 11.9 Å². The molecular weight excluding hydrogens is 370 g/mol. The van der Waals surface area contributed by atoms with Crippen LogP contribution in [0.2, 0.25) is 0 Å². The van der Waals surface area contributed by atoms with Crippen molar-refractivity contribution in [3.05, 3.63) is 58.5 Å². The lowest BCUT2D eigenvalue weighted by molar-refractivity contribution is -0.147. The van der Waals surface area contributed by atoms with Crippen molar-refractivity contribution in [3.63, 3.8) is 0 Å². The molecule has 3 rings (SSSR count). The first kappa shape index (κ1) is 20.0. The molecule has 0 aliphatic heterocycles. The molecule has 8 nitrogen and oxygen atoms in total. The van der Waals surface area contributed by atoms with Crippen LogP contribution in [-0.2, 0) is 20.7 Å². The van der Waals surface area contributed by atoms with E-state index in [0.29, 0.717) is 17.7 Å². The van der Waals surface area contributed by atoms with E-state index in [1.165, 1.54) is 0 Å². The van der Waals surface area contributed by atoms with Crippen molar-refractivity contribution in [2.75, 3.05) is 11.9 Å². The highest BCUT2D eigenvalue weighted by molar-refractivity contribution is 5.92. The zero-order chi connectivity index (χ0) is 21.0. The average Bonchev–Trinajstić information content (AvgIpc) is 3.06. The van der Waals surface area contributed by atoms with E-state index in [4.69, 9.17) is 10.00 Å². The summed E-state index contributed by atoms with van der Waals surface area (Å²) in [4.78, 5) is 28.6. The van der Waals surface area contributed by atoms with Gasteiger partial charge in [-0.05, 0) is 51.0 Å². The van der Waals surface area contributed by atoms with Crippen LogP contribution in [0.15, 0.2) is 30.3 Å². The molecule has 0 aliphatic carbocycles. The SMILES string of the molecule is Cc1cc2nc(C)c(CCC(=O)OCC(=O)Nc3cccc(C#N)c3)c(C)n2n1. The number of anilines is 1. The van der Waals surface area contributed by atoms with Crippen molar-refractivity contribution >= 4 is 23.2 Å². The smallest absolute Gasteiger partial charge is 0.306 e. The van der Waals surface area contributed by atoms with Crippen LogP contribution in [-0.4, -0.2) is 33.1 Å². The van der Waals surface area contributed by atoms with Gasteiger partial charge in [0.15, 0.2) is 12.3 Å². The number of aryl methyl sites for hydroxylation is 3. The van der Waals surface area contributed by atoms with Crippen molar-refractivity contribution in [3.8, 4) is 6.07 Å². The number of nitrogens with zero attached hydrogens (tertiary/aromatic N) is 4. The third-order valence-electron chi connectivity index (χ3n) is 4.50. The van der Waals surface area contributed by atoms with Crippen LogP contribution in [0.4, 0.5) is 5.69 Å². The number of hydrogen-bond donors (Lipinski definition) is 1. The van der Waals surface area contributed by atoms with Gasteiger partial charge in [0.25, 0.3) is 5.91 Å². The van der Waals surface area contributed by atoms with Crippen LogP contribution in [0.5, 0.6) is 0 Å². The molecule has 0 bridgehead atoms. The maximum Gasteiger partial charge on any atom is 0.306 e. The fraction of sp³-hybridized carbons (Fsp3) is 0.286. The molecule has 29 heavy (non-hydrogen) atoms. The molecule has 3 aromatic rings. The van der Waals surface area contributed by atoms with E-state index in [-0.39, 0.29) is 13.0 Å². The minimum absolute atomic E-state index is 0.131. The standard InChI is InChI=1S/C21H21N5O3/c1-13-9-19-23-14(2)18(15(3)26(19)25-13)7-8-21(28)29-12-20(27)24-17-6-4-5-16(10-17)11-22/h4-6,9-10H,7-8,12H2,1-3H3,(H,24,27). The highest BCUT2D eigenvalue weighted by atomic mass is 16.5. The Morgan fingerprint density at radius 3 is 2.79 bits per heavy atom. The summed E-state index contributed by atoms with van der Waals surface area (Å²) in [7, 11) is 0. The fourth-order valence-electron chi connectivity index (χ4n) is 3.11.